The number of benzene rings is 1. The minimum atomic E-state index is 0.114. The van der Waals surface area contributed by atoms with Gasteiger partial charge in [-0.05, 0) is 62.5 Å². The lowest BCUT2D eigenvalue weighted by atomic mass is 10.0. The van der Waals surface area contributed by atoms with E-state index in [4.69, 9.17) is 0 Å². The van der Waals surface area contributed by atoms with Crippen molar-refractivity contribution in [3.05, 3.63) is 28.2 Å². The van der Waals surface area contributed by atoms with E-state index in [2.05, 4.69) is 26.6 Å². The van der Waals surface area contributed by atoms with E-state index in [0.29, 0.717) is 12.3 Å². The lowest BCUT2D eigenvalue weighted by molar-refractivity contribution is -0.116. The average Bonchev–Trinajstić information content (AvgIpc) is 2.84. The van der Waals surface area contributed by atoms with Gasteiger partial charge in [0.1, 0.15) is 0 Å². The molecule has 0 aliphatic carbocycles. The van der Waals surface area contributed by atoms with Gasteiger partial charge in [-0.15, -0.1) is 0 Å². The maximum atomic E-state index is 11.8. The minimum Gasteiger partial charge on any atom is -0.326 e. The van der Waals surface area contributed by atoms with Crippen LogP contribution in [-0.4, -0.2) is 19.0 Å². The van der Waals surface area contributed by atoms with Crippen LogP contribution in [0.5, 0.6) is 0 Å². The SMILES string of the molecule is Cc1cc(NC(=O)CCC2CCNC2)ccc1Br. The van der Waals surface area contributed by atoms with Crippen molar-refractivity contribution >= 4 is 27.5 Å². The van der Waals surface area contributed by atoms with Gasteiger partial charge in [0.15, 0.2) is 0 Å². The van der Waals surface area contributed by atoms with Crippen LogP contribution >= 0.6 is 15.9 Å². The van der Waals surface area contributed by atoms with Gasteiger partial charge < -0.3 is 10.6 Å². The van der Waals surface area contributed by atoms with Crippen molar-refractivity contribution in [3.8, 4) is 0 Å². The second-order valence-electron chi connectivity index (χ2n) is 4.91. The lowest BCUT2D eigenvalue weighted by Gasteiger charge is -2.09. The largest absolute Gasteiger partial charge is 0.326 e. The van der Waals surface area contributed by atoms with Crippen LogP contribution in [0, 0.1) is 12.8 Å². The van der Waals surface area contributed by atoms with Crippen LogP contribution in [0.15, 0.2) is 22.7 Å². The number of nitrogens with one attached hydrogen (secondary N) is 2. The summed E-state index contributed by atoms with van der Waals surface area (Å²) < 4.78 is 1.07. The number of anilines is 1. The molecule has 0 aromatic heterocycles. The highest BCUT2D eigenvalue weighted by Crippen LogP contribution is 2.20. The molecule has 1 aromatic carbocycles. The van der Waals surface area contributed by atoms with Crippen LogP contribution < -0.4 is 10.6 Å². The lowest BCUT2D eigenvalue weighted by Crippen LogP contribution is -2.15. The molecule has 0 spiro atoms. The molecule has 1 heterocycles. The average molecular weight is 311 g/mol. The van der Waals surface area contributed by atoms with Gasteiger partial charge in [0.2, 0.25) is 5.91 Å². The van der Waals surface area contributed by atoms with Crippen molar-refractivity contribution in [2.75, 3.05) is 18.4 Å². The molecule has 1 saturated heterocycles. The zero-order valence-corrected chi connectivity index (χ0v) is 12.2. The van der Waals surface area contributed by atoms with Crippen LogP contribution in [0.1, 0.15) is 24.8 Å². The fraction of sp³-hybridized carbons (Fsp3) is 0.500. The number of hydrogen-bond acceptors (Lipinski definition) is 2. The van der Waals surface area contributed by atoms with Gasteiger partial charge in [-0.1, -0.05) is 15.9 Å². The Balaban J connectivity index is 1.80. The van der Waals surface area contributed by atoms with E-state index in [0.717, 1.165) is 35.2 Å². The molecular formula is C14H19BrN2O. The number of hydrogen-bond donors (Lipinski definition) is 2. The molecule has 1 unspecified atom stereocenters. The third-order valence-electron chi connectivity index (χ3n) is 3.38. The molecule has 1 aliphatic rings. The van der Waals surface area contributed by atoms with E-state index in [1.165, 1.54) is 6.42 Å². The molecule has 1 aromatic rings. The Labute approximate surface area is 116 Å². The van der Waals surface area contributed by atoms with Crippen molar-refractivity contribution < 1.29 is 4.79 Å². The molecule has 0 radical (unpaired) electrons. The Kier molecular flexibility index (Phi) is 4.78. The Bertz CT molecular complexity index is 428. The van der Waals surface area contributed by atoms with Gasteiger partial charge in [0, 0.05) is 16.6 Å². The fourth-order valence-electron chi connectivity index (χ4n) is 2.24. The summed E-state index contributed by atoms with van der Waals surface area (Å²) in [7, 11) is 0. The zero-order chi connectivity index (χ0) is 13.0. The van der Waals surface area contributed by atoms with Gasteiger partial charge >= 0.3 is 0 Å². The van der Waals surface area contributed by atoms with Crippen LogP contribution in [-0.2, 0) is 4.79 Å². The van der Waals surface area contributed by atoms with Crippen LogP contribution in [0.25, 0.3) is 0 Å². The second kappa shape index (κ2) is 6.34. The molecule has 0 bridgehead atoms. The molecule has 2 rings (SSSR count). The second-order valence-corrected chi connectivity index (χ2v) is 5.76. The molecule has 3 nitrogen and oxygen atoms in total. The van der Waals surface area contributed by atoms with Gasteiger partial charge in [0.25, 0.3) is 0 Å². The first-order chi connectivity index (χ1) is 8.65. The Morgan fingerprint density at radius 1 is 1.56 bits per heavy atom. The van der Waals surface area contributed by atoms with Crippen molar-refractivity contribution in [2.24, 2.45) is 5.92 Å². The Hall–Kier alpha value is -0.870. The molecular weight excluding hydrogens is 292 g/mol. The number of aryl methyl sites for hydroxylation is 1. The zero-order valence-electron chi connectivity index (χ0n) is 10.6. The molecule has 1 fully saturated rings. The summed E-state index contributed by atoms with van der Waals surface area (Å²) in [5.74, 6) is 0.783. The summed E-state index contributed by atoms with van der Waals surface area (Å²) in [6.07, 6.45) is 2.79. The molecule has 1 aliphatic heterocycles. The molecule has 2 N–H and O–H groups in total. The standard InChI is InChI=1S/C14H19BrN2O/c1-10-8-12(3-4-13(10)15)17-14(18)5-2-11-6-7-16-9-11/h3-4,8,11,16H,2,5-7,9H2,1H3,(H,17,18). The molecule has 1 amide bonds. The monoisotopic (exact) mass is 310 g/mol. The third-order valence-corrected chi connectivity index (χ3v) is 4.27. The quantitative estimate of drug-likeness (QED) is 0.897. The summed E-state index contributed by atoms with van der Waals surface area (Å²) in [4.78, 5) is 11.8. The van der Waals surface area contributed by atoms with Crippen molar-refractivity contribution in [2.45, 2.75) is 26.2 Å². The molecule has 18 heavy (non-hydrogen) atoms. The van der Waals surface area contributed by atoms with E-state index in [-0.39, 0.29) is 5.91 Å². The van der Waals surface area contributed by atoms with Gasteiger partial charge in [0.05, 0.1) is 0 Å². The highest BCUT2D eigenvalue weighted by atomic mass is 79.9. The molecule has 0 saturated carbocycles. The summed E-state index contributed by atoms with van der Waals surface area (Å²) in [5.41, 5.74) is 2.01. The van der Waals surface area contributed by atoms with Gasteiger partial charge in [-0.25, -0.2) is 0 Å². The number of rotatable bonds is 4. The van der Waals surface area contributed by atoms with Crippen molar-refractivity contribution in [1.82, 2.24) is 5.32 Å². The van der Waals surface area contributed by atoms with Crippen LogP contribution in [0.4, 0.5) is 5.69 Å². The Morgan fingerprint density at radius 2 is 2.39 bits per heavy atom. The van der Waals surface area contributed by atoms with E-state index >= 15 is 0 Å². The maximum absolute atomic E-state index is 11.8. The van der Waals surface area contributed by atoms with E-state index in [1.807, 2.05) is 25.1 Å². The highest BCUT2D eigenvalue weighted by molar-refractivity contribution is 9.10. The smallest absolute Gasteiger partial charge is 0.224 e. The Morgan fingerprint density at radius 3 is 3.06 bits per heavy atom. The number of amides is 1. The normalized spacial score (nSPS) is 18.9. The summed E-state index contributed by atoms with van der Waals surface area (Å²) in [6, 6.07) is 5.87. The third kappa shape index (κ3) is 3.82. The van der Waals surface area contributed by atoms with Gasteiger partial charge in [-0.2, -0.15) is 0 Å². The first-order valence-corrected chi connectivity index (χ1v) is 7.21. The van der Waals surface area contributed by atoms with Crippen LogP contribution in [0.2, 0.25) is 0 Å². The summed E-state index contributed by atoms with van der Waals surface area (Å²) >= 11 is 3.45. The fourth-order valence-corrected chi connectivity index (χ4v) is 2.49. The van der Waals surface area contributed by atoms with E-state index < -0.39 is 0 Å². The van der Waals surface area contributed by atoms with Crippen molar-refractivity contribution in [3.63, 3.8) is 0 Å². The van der Waals surface area contributed by atoms with Crippen molar-refractivity contribution in [1.29, 1.82) is 0 Å². The topological polar surface area (TPSA) is 41.1 Å². The first kappa shape index (κ1) is 13.6. The highest BCUT2D eigenvalue weighted by Gasteiger charge is 2.15. The predicted molar refractivity (Wildman–Crippen MR) is 77.7 cm³/mol. The van der Waals surface area contributed by atoms with Crippen LogP contribution in [0.3, 0.4) is 0 Å². The summed E-state index contributed by atoms with van der Waals surface area (Å²) in [6.45, 7) is 4.17. The maximum Gasteiger partial charge on any atom is 0.224 e. The van der Waals surface area contributed by atoms with Gasteiger partial charge in [-0.3, -0.25) is 4.79 Å². The number of halogens is 1. The number of carbonyl (C=O) groups is 1. The molecule has 1 atom stereocenters. The van der Waals surface area contributed by atoms with E-state index in [9.17, 15) is 4.79 Å². The molecule has 4 heteroatoms. The van der Waals surface area contributed by atoms with E-state index in [1.54, 1.807) is 0 Å². The predicted octanol–water partition coefficient (Wildman–Crippen LogP) is 3.09. The first-order valence-electron chi connectivity index (χ1n) is 6.42. The molecule has 98 valence electrons. The number of carbonyl (C=O) groups excluding carboxylic acids is 1. The minimum absolute atomic E-state index is 0.114. The summed E-state index contributed by atoms with van der Waals surface area (Å²) in [5, 5.41) is 6.28.